The van der Waals surface area contributed by atoms with E-state index in [0.29, 0.717) is 0 Å². The molecule has 0 fully saturated rings. The summed E-state index contributed by atoms with van der Waals surface area (Å²) >= 11 is 1.28. The van der Waals surface area contributed by atoms with Gasteiger partial charge in [0.25, 0.3) is 0 Å². The number of nitrogen functional groups attached to an aromatic ring is 1. The highest BCUT2D eigenvalue weighted by Gasteiger charge is 2.36. The first-order chi connectivity index (χ1) is 5.84. The first kappa shape index (κ1) is 10.6. The van der Waals surface area contributed by atoms with Crippen LogP contribution in [0, 0.1) is 9.39 Å². The summed E-state index contributed by atoms with van der Waals surface area (Å²) in [4.78, 5) is 0. The molecule has 0 aliphatic carbocycles. The van der Waals surface area contributed by atoms with Crippen LogP contribution in [-0.2, 0) is 6.18 Å². The zero-order valence-electron chi connectivity index (χ0n) is 6.12. The number of halogens is 5. The van der Waals surface area contributed by atoms with Crippen molar-refractivity contribution in [2.24, 2.45) is 0 Å². The molecule has 0 radical (unpaired) electrons. The number of hydrogen-bond acceptors (Lipinski definition) is 1. The van der Waals surface area contributed by atoms with Crippen molar-refractivity contribution in [1.82, 2.24) is 0 Å². The highest BCUT2D eigenvalue weighted by molar-refractivity contribution is 14.1. The van der Waals surface area contributed by atoms with Crippen LogP contribution in [-0.4, -0.2) is 0 Å². The summed E-state index contributed by atoms with van der Waals surface area (Å²) in [5.41, 5.74) is 3.52. The lowest BCUT2D eigenvalue weighted by atomic mass is 10.2. The lowest BCUT2D eigenvalue weighted by molar-refractivity contribution is -0.137. The molecule has 72 valence electrons. The SMILES string of the molecule is Nc1ccc(F)c(I)c1C(F)(F)F. The Hall–Kier alpha value is -0.530. The average Bonchev–Trinajstić information content (AvgIpc) is 1.95. The van der Waals surface area contributed by atoms with Gasteiger partial charge in [0.2, 0.25) is 0 Å². The number of alkyl halides is 3. The minimum atomic E-state index is -4.61. The molecular formula is C7H4F4IN. The van der Waals surface area contributed by atoms with Crippen LogP contribution in [0.15, 0.2) is 12.1 Å². The molecule has 0 aliphatic rings. The van der Waals surface area contributed by atoms with Gasteiger partial charge in [0.05, 0.1) is 9.13 Å². The summed E-state index contributed by atoms with van der Waals surface area (Å²) in [6.45, 7) is 0. The van der Waals surface area contributed by atoms with Gasteiger partial charge in [0, 0.05) is 5.69 Å². The van der Waals surface area contributed by atoms with Crippen molar-refractivity contribution < 1.29 is 17.6 Å². The van der Waals surface area contributed by atoms with Crippen molar-refractivity contribution in [2.75, 3.05) is 5.73 Å². The van der Waals surface area contributed by atoms with Crippen LogP contribution in [0.5, 0.6) is 0 Å². The molecular weight excluding hydrogens is 301 g/mol. The second-order valence-corrected chi connectivity index (χ2v) is 3.40. The minimum Gasteiger partial charge on any atom is -0.398 e. The van der Waals surface area contributed by atoms with E-state index >= 15 is 0 Å². The normalized spacial score (nSPS) is 11.8. The first-order valence-electron chi connectivity index (χ1n) is 3.14. The Labute approximate surface area is 85.1 Å². The van der Waals surface area contributed by atoms with Crippen molar-refractivity contribution in [2.45, 2.75) is 6.18 Å². The van der Waals surface area contributed by atoms with Crippen LogP contribution < -0.4 is 5.73 Å². The van der Waals surface area contributed by atoms with E-state index in [1.54, 1.807) is 0 Å². The summed E-state index contributed by atoms with van der Waals surface area (Å²) in [5, 5.41) is 0. The predicted molar refractivity (Wildman–Crippen MR) is 48.5 cm³/mol. The van der Waals surface area contributed by atoms with Gasteiger partial charge in [-0.25, -0.2) is 4.39 Å². The van der Waals surface area contributed by atoms with E-state index in [1.165, 1.54) is 22.6 Å². The molecule has 2 N–H and O–H groups in total. The zero-order chi connectivity index (χ0) is 10.2. The van der Waals surface area contributed by atoms with Crippen LogP contribution in [0.2, 0.25) is 0 Å². The van der Waals surface area contributed by atoms with Crippen LogP contribution in [0.4, 0.5) is 23.2 Å². The summed E-state index contributed by atoms with van der Waals surface area (Å²) in [7, 11) is 0. The molecule has 0 aromatic heterocycles. The van der Waals surface area contributed by atoms with Crippen LogP contribution in [0.25, 0.3) is 0 Å². The van der Waals surface area contributed by atoms with Gasteiger partial charge < -0.3 is 5.73 Å². The number of nitrogens with two attached hydrogens (primary N) is 1. The monoisotopic (exact) mass is 305 g/mol. The fourth-order valence-electron chi connectivity index (χ4n) is 0.854. The van der Waals surface area contributed by atoms with E-state index in [9.17, 15) is 17.6 Å². The van der Waals surface area contributed by atoms with Crippen molar-refractivity contribution in [3.63, 3.8) is 0 Å². The van der Waals surface area contributed by atoms with E-state index in [0.717, 1.165) is 12.1 Å². The molecule has 0 amide bonds. The molecule has 0 saturated heterocycles. The van der Waals surface area contributed by atoms with Gasteiger partial charge in [-0.15, -0.1) is 0 Å². The number of rotatable bonds is 0. The molecule has 0 saturated carbocycles. The third kappa shape index (κ3) is 2.04. The van der Waals surface area contributed by atoms with Crippen molar-refractivity contribution in [1.29, 1.82) is 0 Å². The van der Waals surface area contributed by atoms with Gasteiger partial charge in [0.15, 0.2) is 0 Å². The standard InChI is InChI=1S/C7H4F4IN/c8-3-1-2-4(13)5(6(3)12)7(9,10)11/h1-2H,13H2. The predicted octanol–water partition coefficient (Wildman–Crippen LogP) is 3.03. The van der Waals surface area contributed by atoms with Gasteiger partial charge in [-0.1, -0.05) is 0 Å². The fourth-order valence-corrected chi connectivity index (χ4v) is 1.65. The highest BCUT2D eigenvalue weighted by Crippen LogP contribution is 2.37. The molecule has 0 heterocycles. The molecule has 0 aliphatic heterocycles. The molecule has 0 atom stereocenters. The highest BCUT2D eigenvalue weighted by atomic mass is 127. The van der Waals surface area contributed by atoms with Gasteiger partial charge in [-0.05, 0) is 34.7 Å². The summed E-state index contributed by atoms with van der Waals surface area (Å²) < 4.78 is 48.9. The Morgan fingerprint density at radius 2 is 1.77 bits per heavy atom. The van der Waals surface area contributed by atoms with E-state index < -0.39 is 26.8 Å². The summed E-state index contributed by atoms with van der Waals surface area (Å²) in [5.74, 6) is -0.915. The smallest absolute Gasteiger partial charge is 0.398 e. The molecule has 1 aromatic carbocycles. The fraction of sp³-hybridized carbons (Fsp3) is 0.143. The first-order valence-corrected chi connectivity index (χ1v) is 4.22. The largest absolute Gasteiger partial charge is 0.419 e. The minimum absolute atomic E-state index is 0.460. The Balaban J connectivity index is 3.43. The maximum atomic E-state index is 12.7. The molecule has 1 aromatic rings. The quantitative estimate of drug-likeness (QED) is 0.445. The third-order valence-corrected chi connectivity index (χ3v) is 2.47. The maximum absolute atomic E-state index is 12.7. The van der Waals surface area contributed by atoms with Crippen LogP contribution in [0.1, 0.15) is 5.56 Å². The van der Waals surface area contributed by atoms with Crippen molar-refractivity contribution in [3.8, 4) is 0 Å². The number of hydrogen-bond donors (Lipinski definition) is 1. The number of benzene rings is 1. The van der Waals surface area contributed by atoms with Crippen LogP contribution >= 0.6 is 22.6 Å². The van der Waals surface area contributed by atoms with E-state index in [1.807, 2.05) is 0 Å². The molecule has 6 heteroatoms. The molecule has 0 unspecified atom stereocenters. The topological polar surface area (TPSA) is 26.0 Å². The Kier molecular flexibility index (Phi) is 2.69. The van der Waals surface area contributed by atoms with E-state index in [2.05, 4.69) is 0 Å². The van der Waals surface area contributed by atoms with Crippen molar-refractivity contribution in [3.05, 3.63) is 27.1 Å². The molecule has 0 bridgehead atoms. The Morgan fingerprint density at radius 1 is 1.23 bits per heavy atom. The second kappa shape index (κ2) is 3.32. The lowest BCUT2D eigenvalue weighted by Gasteiger charge is -2.11. The maximum Gasteiger partial charge on any atom is 0.419 e. The molecule has 13 heavy (non-hydrogen) atoms. The van der Waals surface area contributed by atoms with Gasteiger partial charge in [-0.2, -0.15) is 13.2 Å². The van der Waals surface area contributed by atoms with Crippen LogP contribution in [0.3, 0.4) is 0 Å². The van der Waals surface area contributed by atoms with Crippen molar-refractivity contribution >= 4 is 28.3 Å². The van der Waals surface area contributed by atoms with Gasteiger partial charge in [0.1, 0.15) is 5.82 Å². The van der Waals surface area contributed by atoms with E-state index in [4.69, 9.17) is 5.73 Å². The van der Waals surface area contributed by atoms with Gasteiger partial charge in [-0.3, -0.25) is 0 Å². The second-order valence-electron chi connectivity index (χ2n) is 2.32. The summed E-state index contributed by atoms with van der Waals surface area (Å²) in [6.07, 6.45) is -4.61. The molecule has 1 rings (SSSR count). The third-order valence-electron chi connectivity index (χ3n) is 1.41. The van der Waals surface area contributed by atoms with E-state index in [-0.39, 0.29) is 0 Å². The number of anilines is 1. The lowest BCUT2D eigenvalue weighted by Crippen LogP contribution is -2.12. The average molecular weight is 305 g/mol. The Morgan fingerprint density at radius 3 is 2.15 bits per heavy atom. The summed E-state index contributed by atoms with van der Waals surface area (Å²) in [6, 6.07) is 1.81. The zero-order valence-corrected chi connectivity index (χ0v) is 8.28. The van der Waals surface area contributed by atoms with Gasteiger partial charge >= 0.3 is 6.18 Å². The molecule has 1 nitrogen and oxygen atoms in total. The molecule has 0 spiro atoms. The Bertz CT molecular complexity index is 334.